The van der Waals surface area contributed by atoms with Gasteiger partial charge in [0, 0.05) is 38.6 Å². The lowest BCUT2D eigenvalue weighted by atomic mass is 9.82. The molecule has 0 saturated carbocycles. The van der Waals surface area contributed by atoms with Gasteiger partial charge in [-0.05, 0) is 115 Å². The third-order valence-corrected chi connectivity index (χ3v) is 11.9. The van der Waals surface area contributed by atoms with Gasteiger partial charge in [0.25, 0.3) is 0 Å². The van der Waals surface area contributed by atoms with Crippen molar-refractivity contribution in [3.8, 4) is 33.4 Å². The van der Waals surface area contributed by atoms with E-state index in [1.54, 1.807) is 0 Å². The Morgan fingerprint density at radius 2 is 0.982 bits per heavy atom. The molecule has 0 atom stereocenters. The summed E-state index contributed by atoms with van der Waals surface area (Å²) in [5, 5.41) is 7.10. The summed E-state index contributed by atoms with van der Waals surface area (Å²) >= 11 is 0. The summed E-state index contributed by atoms with van der Waals surface area (Å²) < 4.78 is 6.42. The van der Waals surface area contributed by atoms with Crippen molar-refractivity contribution in [1.29, 1.82) is 0 Å². The highest BCUT2D eigenvalue weighted by molar-refractivity contribution is 6.19. The lowest BCUT2D eigenvalue weighted by Gasteiger charge is -2.27. The zero-order valence-corrected chi connectivity index (χ0v) is 30.8. The normalized spacial score (nSPS) is 13.1. The maximum absolute atomic E-state index is 6.42. The van der Waals surface area contributed by atoms with Crippen molar-refractivity contribution >= 4 is 60.5 Å². The van der Waals surface area contributed by atoms with Crippen LogP contribution in [0.25, 0.3) is 76.9 Å². The van der Waals surface area contributed by atoms with Gasteiger partial charge in [-0.15, -0.1) is 0 Å². The average Bonchev–Trinajstić information content (AvgIpc) is 3.73. The molecule has 1 aromatic heterocycles. The highest BCUT2D eigenvalue weighted by Crippen LogP contribution is 2.51. The highest BCUT2D eigenvalue weighted by Gasteiger charge is 2.35. The van der Waals surface area contributed by atoms with E-state index in [9.17, 15) is 0 Å². The molecule has 0 spiro atoms. The fraction of sp³-hybridized carbons (Fsp3) is 0.0566. The van der Waals surface area contributed by atoms with Gasteiger partial charge in [-0.25, -0.2) is 0 Å². The van der Waals surface area contributed by atoms with Crippen LogP contribution in [0.1, 0.15) is 25.0 Å². The van der Waals surface area contributed by atoms with Crippen molar-refractivity contribution in [2.75, 3.05) is 4.90 Å². The van der Waals surface area contributed by atoms with Gasteiger partial charge in [-0.3, -0.25) is 0 Å². The largest absolute Gasteiger partial charge is 0.455 e. The van der Waals surface area contributed by atoms with Crippen LogP contribution in [0.5, 0.6) is 0 Å². The third-order valence-electron chi connectivity index (χ3n) is 11.9. The van der Waals surface area contributed by atoms with Gasteiger partial charge in [0.05, 0.1) is 0 Å². The predicted molar refractivity (Wildman–Crippen MR) is 232 cm³/mol. The van der Waals surface area contributed by atoms with E-state index in [0.29, 0.717) is 0 Å². The molecule has 0 aliphatic heterocycles. The first-order valence-corrected chi connectivity index (χ1v) is 19.1. The number of rotatable bonds is 5. The molecule has 9 aromatic carbocycles. The fourth-order valence-corrected chi connectivity index (χ4v) is 9.04. The molecular formula is C53H37NO. The molecule has 55 heavy (non-hydrogen) atoms. The Labute approximate surface area is 320 Å². The second-order valence-corrected chi connectivity index (χ2v) is 15.3. The van der Waals surface area contributed by atoms with E-state index in [1.807, 2.05) is 6.07 Å². The van der Waals surface area contributed by atoms with Gasteiger partial charge in [-0.1, -0.05) is 147 Å². The second kappa shape index (κ2) is 12.1. The summed E-state index contributed by atoms with van der Waals surface area (Å²) in [5.41, 5.74) is 15.3. The zero-order chi connectivity index (χ0) is 36.7. The van der Waals surface area contributed by atoms with Gasteiger partial charge in [0.1, 0.15) is 11.2 Å². The van der Waals surface area contributed by atoms with Crippen LogP contribution in [0.15, 0.2) is 192 Å². The van der Waals surface area contributed by atoms with E-state index in [4.69, 9.17) is 4.42 Å². The molecule has 0 unspecified atom stereocenters. The van der Waals surface area contributed by atoms with E-state index in [2.05, 4.69) is 201 Å². The molecule has 10 aromatic rings. The standard InChI is InChI=1S/C53H37NO/c1-53(2)49-17-9-7-14-43(49)47-32-41(29-30-50(47)53)54(39-25-21-35(22-26-39)38-20-19-34-11-3-4-12-37(34)31-38)40-27-23-36(24-28-40)46-33-48-44-15-8-10-18-51(44)55-52(48)45-16-6-5-13-42(45)46/h3-33H,1-2H3. The number of nitrogens with zero attached hydrogens (tertiary/aromatic N) is 1. The number of furan rings is 1. The van der Waals surface area contributed by atoms with E-state index in [0.717, 1.165) is 44.4 Å². The second-order valence-electron chi connectivity index (χ2n) is 15.3. The van der Waals surface area contributed by atoms with Crippen molar-refractivity contribution in [2.24, 2.45) is 0 Å². The van der Waals surface area contributed by atoms with Crippen LogP contribution in [-0.4, -0.2) is 0 Å². The van der Waals surface area contributed by atoms with Gasteiger partial charge in [-0.2, -0.15) is 0 Å². The monoisotopic (exact) mass is 703 g/mol. The molecule has 2 heteroatoms. The first-order chi connectivity index (χ1) is 27.0. The number of para-hydroxylation sites is 1. The summed E-state index contributed by atoms with van der Waals surface area (Å²) in [4.78, 5) is 2.40. The summed E-state index contributed by atoms with van der Waals surface area (Å²) in [5.74, 6) is 0. The van der Waals surface area contributed by atoms with E-state index in [-0.39, 0.29) is 5.41 Å². The maximum Gasteiger partial charge on any atom is 0.143 e. The molecule has 0 radical (unpaired) electrons. The van der Waals surface area contributed by atoms with Crippen LogP contribution in [0, 0.1) is 0 Å². The summed E-state index contributed by atoms with van der Waals surface area (Å²) in [6.45, 7) is 4.68. The Balaban J connectivity index is 1.05. The van der Waals surface area contributed by atoms with Gasteiger partial charge in [0.15, 0.2) is 0 Å². The van der Waals surface area contributed by atoms with Crippen molar-refractivity contribution in [1.82, 2.24) is 0 Å². The van der Waals surface area contributed by atoms with Crippen molar-refractivity contribution < 1.29 is 4.42 Å². The number of hydrogen-bond donors (Lipinski definition) is 0. The van der Waals surface area contributed by atoms with Crippen LogP contribution >= 0.6 is 0 Å². The van der Waals surface area contributed by atoms with Gasteiger partial charge < -0.3 is 9.32 Å². The number of benzene rings is 9. The first-order valence-electron chi connectivity index (χ1n) is 19.1. The summed E-state index contributed by atoms with van der Waals surface area (Å²) in [6, 6.07) is 68.5. The van der Waals surface area contributed by atoms with Gasteiger partial charge >= 0.3 is 0 Å². The Hall–Kier alpha value is -6.90. The first kappa shape index (κ1) is 31.6. The Morgan fingerprint density at radius 1 is 0.382 bits per heavy atom. The minimum absolute atomic E-state index is 0.0529. The van der Waals surface area contributed by atoms with Crippen LogP contribution in [-0.2, 0) is 5.41 Å². The third kappa shape index (κ3) is 4.95. The van der Waals surface area contributed by atoms with Crippen molar-refractivity contribution in [2.45, 2.75) is 19.3 Å². The molecule has 0 fully saturated rings. The molecule has 0 amide bonds. The summed E-state index contributed by atoms with van der Waals surface area (Å²) in [7, 11) is 0. The Kier molecular flexibility index (Phi) is 6.93. The minimum Gasteiger partial charge on any atom is -0.455 e. The molecule has 0 N–H and O–H groups in total. The average molecular weight is 704 g/mol. The van der Waals surface area contributed by atoms with E-state index >= 15 is 0 Å². The fourth-order valence-electron chi connectivity index (χ4n) is 9.04. The lowest BCUT2D eigenvalue weighted by Crippen LogP contribution is -2.15. The SMILES string of the molecule is CC1(C)c2ccccc2-c2cc(N(c3ccc(-c4ccc5ccccc5c4)cc3)c3ccc(-c4cc5c6ccccc6oc5c5ccccc45)cc3)ccc21. The van der Waals surface area contributed by atoms with Gasteiger partial charge in [0.2, 0.25) is 0 Å². The maximum atomic E-state index is 6.42. The molecule has 1 aliphatic carbocycles. The molecule has 0 saturated heterocycles. The molecule has 1 heterocycles. The van der Waals surface area contributed by atoms with Crippen LogP contribution in [0.4, 0.5) is 17.1 Å². The van der Waals surface area contributed by atoms with Crippen LogP contribution in [0.3, 0.4) is 0 Å². The number of hydrogen-bond acceptors (Lipinski definition) is 2. The van der Waals surface area contributed by atoms with Crippen molar-refractivity contribution in [3.63, 3.8) is 0 Å². The molecular weight excluding hydrogens is 667 g/mol. The van der Waals surface area contributed by atoms with Crippen molar-refractivity contribution in [3.05, 3.63) is 199 Å². The van der Waals surface area contributed by atoms with Crippen LogP contribution < -0.4 is 4.90 Å². The minimum atomic E-state index is -0.0529. The molecule has 1 aliphatic rings. The zero-order valence-electron chi connectivity index (χ0n) is 30.8. The highest BCUT2D eigenvalue weighted by atomic mass is 16.3. The molecule has 2 nitrogen and oxygen atoms in total. The number of anilines is 3. The van der Waals surface area contributed by atoms with E-state index < -0.39 is 0 Å². The predicted octanol–water partition coefficient (Wildman–Crippen LogP) is 15.0. The lowest BCUT2D eigenvalue weighted by molar-refractivity contribution is 0.660. The quantitative estimate of drug-likeness (QED) is 0.177. The Bertz CT molecular complexity index is 3110. The molecule has 11 rings (SSSR count). The van der Waals surface area contributed by atoms with Crippen LogP contribution in [0.2, 0.25) is 0 Å². The number of fused-ring (bicyclic) bond motifs is 9. The topological polar surface area (TPSA) is 16.4 Å². The smallest absolute Gasteiger partial charge is 0.143 e. The summed E-state index contributed by atoms with van der Waals surface area (Å²) in [6.07, 6.45) is 0. The molecule has 260 valence electrons. The Morgan fingerprint density at radius 3 is 1.78 bits per heavy atom. The van der Waals surface area contributed by atoms with E-state index in [1.165, 1.54) is 60.7 Å². The molecule has 0 bridgehead atoms.